The predicted octanol–water partition coefficient (Wildman–Crippen LogP) is 2.71. The van der Waals surface area contributed by atoms with E-state index in [1.807, 2.05) is 20.8 Å². The lowest BCUT2D eigenvalue weighted by atomic mass is 10.1. The van der Waals surface area contributed by atoms with Crippen LogP contribution in [0.2, 0.25) is 0 Å². The second kappa shape index (κ2) is 10.2. The highest BCUT2D eigenvalue weighted by molar-refractivity contribution is 5.88. The maximum atomic E-state index is 11.9. The number of likely N-dealkylation sites (N-methyl/N-ethyl adjacent to an activating group) is 1. The minimum atomic E-state index is -0.530. The number of hydrogen-bond donors (Lipinski definition) is 0. The standard InChI is InChI=1S/C17H29NO4/c1-8-14(21-16(19)12(4)5)15(11-18(9-2)10-3)22-17(20)13(6)7/h14-15H,4,6,8-11H2,1-3,5,7H3. The van der Waals surface area contributed by atoms with Crippen LogP contribution in [-0.2, 0) is 19.1 Å². The summed E-state index contributed by atoms with van der Waals surface area (Å²) in [7, 11) is 0. The fourth-order valence-corrected chi connectivity index (χ4v) is 1.87. The topological polar surface area (TPSA) is 55.8 Å². The van der Waals surface area contributed by atoms with Gasteiger partial charge in [-0.25, -0.2) is 9.59 Å². The Morgan fingerprint density at radius 1 is 0.909 bits per heavy atom. The van der Waals surface area contributed by atoms with Gasteiger partial charge in [-0.05, 0) is 33.4 Å². The Balaban J connectivity index is 5.13. The molecule has 0 aromatic rings. The first-order chi connectivity index (χ1) is 10.3. The molecule has 5 heteroatoms. The molecule has 0 bridgehead atoms. The highest BCUT2D eigenvalue weighted by Gasteiger charge is 2.29. The van der Waals surface area contributed by atoms with Crippen molar-refractivity contribution in [3.05, 3.63) is 24.3 Å². The van der Waals surface area contributed by atoms with Gasteiger partial charge in [-0.15, -0.1) is 0 Å². The summed E-state index contributed by atoms with van der Waals surface area (Å²) in [5, 5.41) is 0. The lowest BCUT2D eigenvalue weighted by Crippen LogP contribution is -2.44. The SMILES string of the molecule is C=C(C)C(=O)OC(CC)C(CN(CC)CC)OC(=O)C(=C)C. The summed E-state index contributed by atoms with van der Waals surface area (Å²) in [5.74, 6) is -0.940. The molecule has 5 nitrogen and oxygen atoms in total. The number of esters is 2. The minimum absolute atomic E-state index is 0.325. The van der Waals surface area contributed by atoms with Crippen molar-refractivity contribution in [1.82, 2.24) is 4.90 Å². The molecule has 0 aliphatic rings. The van der Waals surface area contributed by atoms with Gasteiger partial charge in [0, 0.05) is 17.7 Å². The van der Waals surface area contributed by atoms with E-state index in [1.54, 1.807) is 13.8 Å². The summed E-state index contributed by atoms with van der Waals surface area (Å²) in [4.78, 5) is 25.7. The van der Waals surface area contributed by atoms with Gasteiger partial charge in [0.25, 0.3) is 0 Å². The first-order valence-corrected chi connectivity index (χ1v) is 7.71. The summed E-state index contributed by atoms with van der Waals surface area (Å²) >= 11 is 0. The summed E-state index contributed by atoms with van der Waals surface area (Å²) in [6, 6.07) is 0. The van der Waals surface area contributed by atoms with E-state index in [0.717, 1.165) is 13.1 Å². The molecular formula is C17H29NO4. The van der Waals surface area contributed by atoms with E-state index in [-0.39, 0.29) is 0 Å². The number of ether oxygens (including phenoxy) is 2. The zero-order chi connectivity index (χ0) is 17.3. The Hall–Kier alpha value is -1.62. The highest BCUT2D eigenvalue weighted by atomic mass is 16.6. The molecule has 0 spiro atoms. The molecule has 0 heterocycles. The third kappa shape index (κ3) is 6.89. The van der Waals surface area contributed by atoms with Crippen LogP contribution in [0.5, 0.6) is 0 Å². The second-order valence-corrected chi connectivity index (χ2v) is 5.34. The molecule has 0 aliphatic carbocycles. The predicted molar refractivity (Wildman–Crippen MR) is 87.5 cm³/mol. The van der Waals surface area contributed by atoms with Crippen molar-refractivity contribution in [2.75, 3.05) is 19.6 Å². The zero-order valence-corrected chi connectivity index (χ0v) is 14.5. The zero-order valence-electron chi connectivity index (χ0n) is 14.5. The molecule has 0 N–H and O–H groups in total. The van der Waals surface area contributed by atoms with Gasteiger partial charge in [0.2, 0.25) is 0 Å². The Morgan fingerprint density at radius 3 is 1.64 bits per heavy atom. The molecular weight excluding hydrogens is 282 g/mol. The first kappa shape index (κ1) is 20.4. The number of carbonyl (C=O) groups is 2. The fraction of sp³-hybridized carbons (Fsp3) is 0.647. The van der Waals surface area contributed by atoms with Crippen molar-refractivity contribution in [1.29, 1.82) is 0 Å². The van der Waals surface area contributed by atoms with E-state index in [0.29, 0.717) is 24.1 Å². The third-order valence-electron chi connectivity index (χ3n) is 3.36. The van der Waals surface area contributed by atoms with Crippen molar-refractivity contribution >= 4 is 11.9 Å². The van der Waals surface area contributed by atoms with E-state index in [9.17, 15) is 9.59 Å². The average Bonchev–Trinajstić information content (AvgIpc) is 2.48. The Bertz CT molecular complexity index is 413. The first-order valence-electron chi connectivity index (χ1n) is 7.71. The Kier molecular flexibility index (Phi) is 9.42. The molecule has 22 heavy (non-hydrogen) atoms. The van der Waals surface area contributed by atoms with Gasteiger partial charge >= 0.3 is 11.9 Å². The molecule has 0 radical (unpaired) electrons. The molecule has 2 unspecified atom stereocenters. The van der Waals surface area contributed by atoms with Gasteiger partial charge in [-0.3, -0.25) is 0 Å². The Morgan fingerprint density at radius 2 is 1.32 bits per heavy atom. The lowest BCUT2D eigenvalue weighted by Gasteiger charge is -2.30. The van der Waals surface area contributed by atoms with Gasteiger partial charge in [0.1, 0.15) is 6.10 Å². The molecule has 126 valence electrons. The van der Waals surface area contributed by atoms with Crippen LogP contribution >= 0.6 is 0 Å². The van der Waals surface area contributed by atoms with Crippen molar-refractivity contribution in [3.8, 4) is 0 Å². The molecule has 0 fully saturated rings. The maximum absolute atomic E-state index is 11.9. The number of rotatable bonds is 10. The van der Waals surface area contributed by atoms with Crippen LogP contribution in [-0.4, -0.2) is 48.7 Å². The molecule has 0 aliphatic heterocycles. The van der Waals surface area contributed by atoms with Gasteiger partial charge in [0.05, 0.1) is 0 Å². The molecule has 0 saturated heterocycles. The van der Waals surface area contributed by atoms with Crippen LogP contribution in [0.1, 0.15) is 41.0 Å². The van der Waals surface area contributed by atoms with E-state index in [2.05, 4.69) is 18.1 Å². The summed E-state index contributed by atoms with van der Waals surface area (Å²) < 4.78 is 10.9. The minimum Gasteiger partial charge on any atom is -0.455 e. The quantitative estimate of drug-likeness (QED) is 0.458. The summed E-state index contributed by atoms with van der Waals surface area (Å²) in [5.41, 5.74) is 0.650. The van der Waals surface area contributed by atoms with Gasteiger partial charge < -0.3 is 14.4 Å². The highest BCUT2D eigenvalue weighted by Crippen LogP contribution is 2.14. The van der Waals surface area contributed by atoms with Gasteiger partial charge in [0.15, 0.2) is 6.10 Å². The number of nitrogens with zero attached hydrogens (tertiary/aromatic N) is 1. The van der Waals surface area contributed by atoms with Crippen molar-refractivity contribution in [2.45, 2.75) is 53.2 Å². The second-order valence-electron chi connectivity index (χ2n) is 5.34. The van der Waals surface area contributed by atoms with Crippen molar-refractivity contribution < 1.29 is 19.1 Å². The lowest BCUT2D eigenvalue weighted by molar-refractivity contribution is -0.164. The largest absolute Gasteiger partial charge is 0.455 e. The Labute approximate surface area is 134 Å². The van der Waals surface area contributed by atoms with Crippen molar-refractivity contribution in [2.24, 2.45) is 0 Å². The van der Waals surface area contributed by atoms with E-state index < -0.39 is 24.1 Å². The van der Waals surface area contributed by atoms with Crippen LogP contribution < -0.4 is 0 Å². The van der Waals surface area contributed by atoms with Gasteiger partial charge in [-0.2, -0.15) is 0 Å². The molecule has 0 aromatic carbocycles. The van der Waals surface area contributed by atoms with E-state index >= 15 is 0 Å². The fourth-order valence-electron chi connectivity index (χ4n) is 1.87. The summed E-state index contributed by atoms with van der Waals surface area (Å²) in [6.07, 6.45) is -0.487. The third-order valence-corrected chi connectivity index (χ3v) is 3.36. The molecule has 0 amide bonds. The number of hydrogen-bond acceptors (Lipinski definition) is 5. The van der Waals surface area contributed by atoms with Crippen LogP contribution in [0.4, 0.5) is 0 Å². The van der Waals surface area contributed by atoms with E-state index in [1.165, 1.54) is 0 Å². The average molecular weight is 311 g/mol. The molecule has 2 atom stereocenters. The van der Waals surface area contributed by atoms with E-state index in [4.69, 9.17) is 9.47 Å². The maximum Gasteiger partial charge on any atom is 0.333 e. The summed E-state index contributed by atoms with van der Waals surface area (Å²) in [6.45, 7) is 18.5. The van der Waals surface area contributed by atoms with Gasteiger partial charge in [-0.1, -0.05) is 33.9 Å². The molecule has 0 rings (SSSR count). The van der Waals surface area contributed by atoms with Crippen LogP contribution in [0.25, 0.3) is 0 Å². The smallest absolute Gasteiger partial charge is 0.333 e. The molecule has 0 aromatic heterocycles. The molecule has 0 saturated carbocycles. The normalized spacial score (nSPS) is 13.4. The van der Waals surface area contributed by atoms with Crippen molar-refractivity contribution in [3.63, 3.8) is 0 Å². The van der Waals surface area contributed by atoms with Crippen LogP contribution in [0, 0.1) is 0 Å². The number of carbonyl (C=O) groups excluding carboxylic acids is 2. The van der Waals surface area contributed by atoms with Crippen LogP contribution in [0.15, 0.2) is 24.3 Å². The monoisotopic (exact) mass is 311 g/mol. The van der Waals surface area contributed by atoms with Crippen LogP contribution in [0.3, 0.4) is 0 Å².